The minimum absolute atomic E-state index is 0.417. The van der Waals surface area contributed by atoms with E-state index in [4.69, 9.17) is 5.11 Å². The lowest BCUT2D eigenvalue weighted by Crippen LogP contribution is -2.04. The Morgan fingerprint density at radius 3 is 2.08 bits per heavy atom. The molecule has 0 heterocycles. The summed E-state index contributed by atoms with van der Waals surface area (Å²) in [6, 6.07) is 1.74. The van der Waals surface area contributed by atoms with E-state index in [1.165, 1.54) is 5.56 Å². The van der Waals surface area contributed by atoms with Gasteiger partial charge in [-0.25, -0.2) is 4.79 Å². The van der Waals surface area contributed by atoms with Crippen LogP contribution in [-0.2, 0) is 0 Å². The average Bonchev–Trinajstić information content (AvgIpc) is 2.07. The molecular weight excluding hydrogens is 164 g/mol. The molecule has 0 saturated heterocycles. The normalized spacial score (nSPS) is 10.2. The Labute approximate surface area is 78.2 Å². The van der Waals surface area contributed by atoms with E-state index < -0.39 is 5.97 Å². The van der Waals surface area contributed by atoms with Crippen LogP contribution in [0.4, 0.5) is 0 Å². The number of rotatable bonds is 1. The molecule has 1 N–H and O–H groups in total. The zero-order chi connectivity index (χ0) is 10.2. The van der Waals surface area contributed by atoms with Crippen LogP contribution in [-0.4, -0.2) is 11.1 Å². The van der Waals surface area contributed by atoms with Crippen molar-refractivity contribution in [3.05, 3.63) is 33.9 Å². The molecule has 2 nitrogen and oxygen atoms in total. The molecule has 0 radical (unpaired) electrons. The summed E-state index contributed by atoms with van der Waals surface area (Å²) in [6.07, 6.45) is 0. The zero-order valence-corrected chi connectivity index (χ0v) is 8.43. The van der Waals surface area contributed by atoms with Gasteiger partial charge in [-0.05, 0) is 56.0 Å². The summed E-state index contributed by atoms with van der Waals surface area (Å²) in [4.78, 5) is 10.8. The Hall–Kier alpha value is -1.31. The van der Waals surface area contributed by atoms with Gasteiger partial charge in [0.1, 0.15) is 0 Å². The summed E-state index contributed by atoms with van der Waals surface area (Å²) in [6.45, 7) is 7.77. The molecule has 70 valence electrons. The van der Waals surface area contributed by atoms with Crippen LogP contribution >= 0.6 is 0 Å². The molecule has 0 aliphatic carbocycles. The van der Waals surface area contributed by atoms with Gasteiger partial charge in [-0.1, -0.05) is 0 Å². The molecule has 0 aromatic heterocycles. The van der Waals surface area contributed by atoms with Crippen LogP contribution in [0.2, 0.25) is 0 Å². The van der Waals surface area contributed by atoms with Gasteiger partial charge in [-0.2, -0.15) is 0 Å². The molecule has 1 rings (SSSR count). The molecule has 0 amide bonds. The Morgan fingerprint density at radius 2 is 1.62 bits per heavy atom. The van der Waals surface area contributed by atoms with Crippen LogP contribution in [0.5, 0.6) is 0 Å². The number of benzene rings is 1. The largest absolute Gasteiger partial charge is 0.478 e. The van der Waals surface area contributed by atoms with E-state index >= 15 is 0 Å². The van der Waals surface area contributed by atoms with E-state index in [0.717, 1.165) is 16.7 Å². The van der Waals surface area contributed by atoms with Crippen LogP contribution in [0.3, 0.4) is 0 Å². The lowest BCUT2D eigenvalue weighted by atomic mass is 9.95. The second-order valence-corrected chi connectivity index (χ2v) is 3.42. The van der Waals surface area contributed by atoms with Gasteiger partial charge in [0.2, 0.25) is 0 Å². The summed E-state index contributed by atoms with van der Waals surface area (Å²) >= 11 is 0. The fourth-order valence-corrected chi connectivity index (χ4v) is 1.43. The molecule has 0 bridgehead atoms. The van der Waals surface area contributed by atoms with E-state index in [9.17, 15) is 4.79 Å². The van der Waals surface area contributed by atoms with Gasteiger partial charge in [-0.3, -0.25) is 0 Å². The molecule has 0 aliphatic rings. The van der Waals surface area contributed by atoms with Crippen LogP contribution in [0.15, 0.2) is 6.07 Å². The van der Waals surface area contributed by atoms with Gasteiger partial charge < -0.3 is 5.11 Å². The van der Waals surface area contributed by atoms with Gasteiger partial charge >= 0.3 is 5.97 Å². The lowest BCUT2D eigenvalue weighted by Gasteiger charge is -2.10. The van der Waals surface area contributed by atoms with E-state index in [1.807, 2.05) is 27.7 Å². The third kappa shape index (κ3) is 1.57. The molecule has 0 fully saturated rings. The highest BCUT2D eigenvalue weighted by Gasteiger charge is 2.11. The molecule has 0 spiro atoms. The number of carbonyl (C=O) groups is 1. The Bertz CT molecular complexity index is 365. The fraction of sp³-hybridized carbons (Fsp3) is 0.364. The predicted molar refractivity (Wildman–Crippen MR) is 52.3 cm³/mol. The Balaban J connectivity index is 3.50. The van der Waals surface area contributed by atoms with Gasteiger partial charge in [0, 0.05) is 0 Å². The predicted octanol–water partition coefficient (Wildman–Crippen LogP) is 2.62. The zero-order valence-electron chi connectivity index (χ0n) is 8.43. The highest BCUT2D eigenvalue weighted by molar-refractivity contribution is 5.90. The Morgan fingerprint density at radius 1 is 1.08 bits per heavy atom. The maximum atomic E-state index is 10.8. The minimum atomic E-state index is -0.844. The number of carboxylic acid groups (broad SMARTS) is 1. The number of hydrogen-bond donors (Lipinski definition) is 1. The molecule has 1 aromatic rings. The number of carboxylic acids is 1. The second kappa shape index (κ2) is 3.21. The quantitative estimate of drug-likeness (QED) is 0.717. The van der Waals surface area contributed by atoms with E-state index in [2.05, 4.69) is 0 Å². The first-order valence-electron chi connectivity index (χ1n) is 4.26. The van der Waals surface area contributed by atoms with Crippen molar-refractivity contribution in [2.24, 2.45) is 0 Å². The van der Waals surface area contributed by atoms with Crippen molar-refractivity contribution in [1.29, 1.82) is 0 Å². The molecule has 2 heteroatoms. The molecule has 0 atom stereocenters. The molecule has 0 unspecified atom stereocenters. The summed E-state index contributed by atoms with van der Waals surface area (Å²) in [7, 11) is 0. The second-order valence-electron chi connectivity index (χ2n) is 3.42. The van der Waals surface area contributed by atoms with Crippen molar-refractivity contribution in [2.45, 2.75) is 27.7 Å². The van der Waals surface area contributed by atoms with Gasteiger partial charge in [0.05, 0.1) is 5.56 Å². The van der Waals surface area contributed by atoms with Crippen LogP contribution < -0.4 is 0 Å². The highest BCUT2D eigenvalue weighted by atomic mass is 16.4. The van der Waals surface area contributed by atoms with Gasteiger partial charge in [0.15, 0.2) is 0 Å². The third-order valence-corrected chi connectivity index (χ3v) is 2.71. The van der Waals surface area contributed by atoms with Crippen molar-refractivity contribution in [3.63, 3.8) is 0 Å². The SMILES string of the molecule is Cc1cc(C(=O)O)c(C)c(C)c1C. The Kier molecular flexibility index (Phi) is 2.41. The number of hydrogen-bond acceptors (Lipinski definition) is 1. The van der Waals surface area contributed by atoms with Crippen molar-refractivity contribution in [2.75, 3.05) is 0 Å². The fourth-order valence-electron chi connectivity index (χ4n) is 1.43. The lowest BCUT2D eigenvalue weighted by molar-refractivity contribution is 0.0696. The van der Waals surface area contributed by atoms with Crippen molar-refractivity contribution in [1.82, 2.24) is 0 Å². The first kappa shape index (κ1) is 9.78. The van der Waals surface area contributed by atoms with Crippen LogP contribution in [0, 0.1) is 27.7 Å². The topological polar surface area (TPSA) is 37.3 Å². The monoisotopic (exact) mass is 178 g/mol. The average molecular weight is 178 g/mol. The third-order valence-electron chi connectivity index (χ3n) is 2.71. The first-order chi connectivity index (χ1) is 5.95. The van der Waals surface area contributed by atoms with E-state index in [0.29, 0.717) is 5.56 Å². The maximum absolute atomic E-state index is 10.8. The van der Waals surface area contributed by atoms with E-state index in [1.54, 1.807) is 6.07 Å². The van der Waals surface area contributed by atoms with Gasteiger partial charge in [-0.15, -0.1) is 0 Å². The van der Waals surface area contributed by atoms with Crippen LogP contribution in [0.25, 0.3) is 0 Å². The summed E-state index contributed by atoms with van der Waals surface area (Å²) in [5, 5.41) is 8.91. The standard InChI is InChI=1S/C11H14O2/c1-6-5-10(11(12)13)9(4)8(3)7(6)2/h5H,1-4H3,(H,12,13). The minimum Gasteiger partial charge on any atom is -0.478 e. The molecule has 0 aliphatic heterocycles. The van der Waals surface area contributed by atoms with Crippen molar-refractivity contribution >= 4 is 5.97 Å². The van der Waals surface area contributed by atoms with E-state index in [-0.39, 0.29) is 0 Å². The molecule has 13 heavy (non-hydrogen) atoms. The van der Waals surface area contributed by atoms with Crippen molar-refractivity contribution < 1.29 is 9.90 Å². The summed E-state index contributed by atoms with van der Waals surface area (Å²) in [5.41, 5.74) is 4.59. The maximum Gasteiger partial charge on any atom is 0.335 e. The first-order valence-corrected chi connectivity index (χ1v) is 4.26. The summed E-state index contributed by atoms with van der Waals surface area (Å²) < 4.78 is 0. The summed E-state index contributed by atoms with van der Waals surface area (Å²) in [5.74, 6) is -0.844. The smallest absolute Gasteiger partial charge is 0.335 e. The molecule has 1 aromatic carbocycles. The van der Waals surface area contributed by atoms with Crippen LogP contribution in [0.1, 0.15) is 32.6 Å². The highest BCUT2D eigenvalue weighted by Crippen LogP contribution is 2.20. The van der Waals surface area contributed by atoms with Gasteiger partial charge in [0.25, 0.3) is 0 Å². The number of aryl methyl sites for hydroxylation is 1. The molecular formula is C11H14O2. The molecule has 0 saturated carbocycles. The number of aromatic carboxylic acids is 1. The van der Waals surface area contributed by atoms with Crippen molar-refractivity contribution in [3.8, 4) is 0 Å².